The van der Waals surface area contributed by atoms with Gasteiger partial charge in [0.1, 0.15) is 13.2 Å². The first-order valence-electron chi connectivity index (χ1n) is 5.94. The van der Waals surface area contributed by atoms with Crippen LogP contribution in [-0.4, -0.2) is 36.7 Å². The van der Waals surface area contributed by atoms with Gasteiger partial charge in [0.2, 0.25) is 0 Å². The molecule has 0 amide bonds. The van der Waals surface area contributed by atoms with Crippen molar-refractivity contribution >= 4 is 23.5 Å². The van der Waals surface area contributed by atoms with Gasteiger partial charge < -0.3 is 9.47 Å². The minimum atomic E-state index is -0.819. The van der Waals surface area contributed by atoms with E-state index in [0.29, 0.717) is 0 Å². The zero-order valence-corrected chi connectivity index (χ0v) is 11.2. The van der Waals surface area contributed by atoms with Gasteiger partial charge >= 0.3 is 11.9 Å². The lowest BCUT2D eigenvalue weighted by molar-refractivity contribution is -0.149. The highest BCUT2D eigenvalue weighted by Crippen LogP contribution is 2.03. The van der Waals surface area contributed by atoms with Gasteiger partial charge in [-0.05, 0) is 0 Å². The largest absolute Gasteiger partial charge is 0.457 e. The third kappa shape index (κ3) is 7.86. The van der Waals surface area contributed by atoms with Crippen molar-refractivity contribution in [2.45, 2.75) is 33.1 Å². The fourth-order valence-electron chi connectivity index (χ4n) is 0.911. The molecule has 0 N–H and O–H groups in total. The molecule has 0 heterocycles. The highest BCUT2D eigenvalue weighted by Gasteiger charge is 2.15. The number of rotatable bonds is 9. The van der Waals surface area contributed by atoms with E-state index in [1.807, 2.05) is 0 Å². The summed E-state index contributed by atoms with van der Waals surface area (Å²) in [6.45, 7) is 6.02. The Balaban J connectivity index is 4.01. The molecule has 0 radical (unpaired) electrons. The van der Waals surface area contributed by atoms with Gasteiger partial charge in [0.15, 0.2) is 11.6 Å². The maximum Gasteiger partial charge on any atom is 0.334 e. The van der Waals surface area contributed by atoms with E-state index >= 15 is 0 Å². The summed E-state index contributed by atoms with van der Waals surface area (Å²) in [6, 6.07) is 0. The molecule has 0 aliphatic heterocycles. The zero-order chi connectivity index (χ0) is 14.8. The molecule has 0 saturated heterocycles. The van der Waals surface area contributed by atoms with Gasteiger partial charge in [0.25, 0.3) is 0 Å². The second-order valence-corrected chi connectivity index (χ2v) is 3.80. The quantitative estimate of drug-likeness (QED) is 0.458. The minimum absolute atomic E-state index is 0.113. The van der Waals surface area contributed by atoms with Crippen LogP contribution in [0.2, 0.25) is 0 Å². The standard InChI is InChI=1S/C13H18O6/c1-4-10(14)7-18-12(16)6-9(3)13(17)19-8-11(15)5-2/h3-8H2,1-2H3. The molecule has 0 aromatic rings. The summed E-state index contributed by atoms with van der Waals surface area (Å²) >= 11 is 0. The monoisotopic (exact) mass is 270 g/mol. The van der Waals surface area contributed by atoms with Gasteiger partial charge in [-0.2, -0.15) is 0 Å². The highest BCUT2D eigenvalue weighted by atomic mass is 16.5. The van der Waals surface area contributed by atoms with Crippen molar-refractivity contribution in [1.82, 2.24) is 0 Å². The van der Waals surface area contributed by atoms with E-state index in [2.05, 4.69) is 16.1 Å². The molecule has 19 heavy (non-hydrogen) atoms. The predicted molar refractivity (Wildman–Crippen MR) is 66.3 cm³/mol. The van der Waals surface area contributed by atoms with E-state index in [0.717, 1.165) is 0 Å². The van der Waals surface area contributed by atoms with Gasteiger partial charge in [-0.25, -0.2) is 4.79 Å². The van der Waals surface area contributed by atoms with Gasteiger partial charge in [-0.3, -0.25) is 14.4 Å². The second-order valence-electron chi connectivity index (χ2n) is 3.80. The van der Waals surface area contributed by atoms with Crippen molar-refractivity contribution in [2.24, 2.45) is 0 Å². The van der Waals surface area contributed by atoms with Gasteiger partial charge in [-0.15, -0.1) is 0 Å². The van der Waals surface area contributed by atoms with Crippen LogP contribution in [0.5, 0.6) is 0 Å². The lowest BCUT2D eigenvalue weighted by Gasteiger charge is -2.06. The van der Waals surface area contributed by atoms with Gasteiger partial charge in [0.05, 0.1) is 6.42 Å². The number of ketones is 2. The topological polar surface area (TPSA) is 86.7 Å². The second kappa shape index (κ2) is 9.02. The van der Waals surface area contributed by atoms with Crippen molar-refractivity contribution in [1.29, 1.82) is 0 Å². The smallest absolute Gasteiger partial charge is 0.334 e. The Bertz CT molecular complexity index is 383. The molecule has 106 valence electrons. The van der Waals surface area contributed by atoms with Crippen LogP contribution in [0.15, 0.2) is 12.2 Å². The van der Waals surface area contributed by atoms with Gasteiger partial charge in [-0.1, -0.05) is 20.4 Å². The molecule has 0 aromatic carbocycles. The molecule has 0 spiro atoms. The van der Waals surface area contributed by atoms with Crippen molar-refractivity contribution in [3.05, 3.63) is 12.2 Å². The van der Waals surface area contributed by atoms with Crippen LogP contribution in [0.3, 0.4) is 0 Å². The Morgan fingerprint density at radius 3 is 1.84 bits per heavy atom. The zero-order valence-electron chi connectivity index (χ0n) is 11.2. The van der Waals surface area contributed by atoms with Crippen LogP contribution in [0, 0.1) is 0 Å². The van der Waals surface area contributed by atoms with Crippen LogP contribution in [0.25, 0.3) is 0 Å². The molecule has 0 aromatic heterocycles. The van der Waals surface area contributed by atoms with Crippen LogP contribution in [-0.2, 0) is 28.7 Å². The summed E-state index contributed by atoms with van der Waals surface area (Å²) < 4.78 is 9.28. The van der Waals surface area contributed by atoms with Crippen LogP contribution in [0.4, 0.5) is 0 Å². The summed E-state index contributed by atoms with van der Waals surface area (Å²) in [5, 5.41) is 0. The van der Waals surface area contributed by atoms with E-state index in [-0.39, 0.29) is 49.6 Å². The fourth-order valence-corrected chi connectivity index (χ4v) is 0.911. The maximum atomic E-state index is 11.3. The summed E-state index contributed by atoms with van der Waals surface area (Å²) in [7, 11) is 0. The molecule has 0 unspecified atom stereocenters. The van der Waals surface area contributed by atoms with Crippen LogP contribution >= 0.6 is 0 Å². The third-order valence-electron chi connectivity index (χ3n) is 2.19. The first-order valence-corrected chi connectivity index (χ1v) is 5.94. The molecular weight excluding hydrogens is 252 g/mol. The van der Waals surface area contributed by atoms with Crippen molar-refractivity contribution in [3.8, 4) is 0 Å². The molecule has 6 nitrogen and oxygen atoms in total. The first kappa shape index (κ1) is 17.0. The number of esters is 2. The molecule has 0 saturated carbocycles. The lowest BCUT2D eigenvalue weighted by Crippen LogP contribution is -2.18. The van der Waals surface area contributed by atoms with Gasteiger partial charge in [0, 0.05) is 18.4 Å². The number of hydrogen-bond donors (Lipinski definition) is 0. The van der Waals surface area contributed by atoms with Crippen LogP contribution in [0.1, 0.15) is 33.1 Å². The van der Waals surface area contributed by atoms with E-state index in [9.17, 15) is 19.2 Å². The third-order valence-corrected chi connectivity index (χ3v) is 2.19. The number of carbonyl (C=O) groups excluding carboxylic acids is 4. The summed E-state index contributed by atoms with van der Waals surface area (Å²) in [5.74, 6) is -1.99. The van der Waals surface area contributed by atoms with Crippen molar-refractivity contribution in [2.75, 3.05) is 13.2 Å². The number of ether oxygens (including phenoxy) is 2. The summed E-state index contributed by atoms with van der Waals surface area (Å²) in [6.07, 6.45) is 0.173. The number of hydrogen-bond acceptors (Lipinski definition) is 6. The van der Waals surface area contributed by atoms with E-state index in [1.165, 1.54) is 0 Å². The normalized spacial score (nSPS) is 9.58. The highest BCUT2D eigenvalue weighted by molar-refractivity contribution is 5.95. The number of Topliss-reactive ketones (excluding diaryl/α,β-unsaturated/α-hetero) is 2. The van der Waals surface area contributed by atoms with E-state index in [1.54, 1.807) is 13.8 Å². The molecule has 0 fully saturated rings. The average Bonchev–Trinajstić information content (AvgIpc) is 2.41. The predicted octanol–water partition coefficient (Wildman–Crippen LogP) is 0.977. The molecule has 6 heteroatoms. The Morgan fingerprint density at radius 2 is 1.37 bits per heavy atom. The minimum Gasteiger partial charge on any atom is -0.457 e. The SMILES string of the molecule is C=C(CC(=O)OCC(=O)CC)C(=O)OCC(=O)CC. The Hall–Kier alpha value is -1.98. The number of carbonyl (C=O) groups is 4. The molecule has 0 bridgehead atoms. The maximum absolute atomic E-state index is 11.3. The molecule has 0 atom stereocenters. The summed E-state index contributed by atoms with van der Waals surface area (Å²) in [5.41, 5.74) is -0.113. The molecular formula is C13H18O6. The molecule has 0 aliphatic carbocycles. The van der Waals surface area contributed by atoms with Crippen molar-refractivity contribution < 1.29 is 28.7 Å². The Labute approximate surface area is 111 Å². The molecule has 0 rings (SSSR count). The summed E-state index contributed by atoms with van der Waals surface area (Å²) in [4.78, 5) is 44.5. The van der Waals surface area contributed by atoms with E-state index < -0.39 is 11.9 Å². The fraction of sp³-hybridized carbons (Fsp3) is 0.538. The lowest BCUT2D eigenvalue weighted by atomic mass is 10.2. The Kier molecular flexibility index (Phi) is 8.08. The van der Waals surface area contributed by atoms with Crippen LogP contribution < -0.4 is 0 Å². The van der Waals surface area contributed by atoms with E-state index in [4.69, 9.17) is 0 Å². The Morgan fingerprint density at radius 1 is 0.895 bits per heavy atom. The first-order chi connectivity index (χ1) is 8.90. The van der Waals surface area contributed by atoms with Crippen molar-refractivity contribution in [3.63, 3.8) is 0 Å². The average molecular weight is 270 g/mol. The molecule has 0 aliphatic rings.